The van der Waals surface area contributed by atoms with Crippen molar-refractivity contribution in [1.82, 2.24) is 9.55 Å². The van der Waals surface area contributed by atoms with Gasteiger partial charge < -0.3 is 4.57 Å². The SMILES string of the molecule is Cn1cnc(-c2ccc(C(C)(C)C)cc2)c1Br. The smallest absolute Gasteiger partial charge is 0.112 e. The number of aromatic nitrogens is 2. The van der Waals surface area contributed by atoms with Gasteiger partial charge in [-0.25, -0.2) is 4.98 Å². The summed E-state index contributed by atoms with van der Waals surface area (Å²) in [5, 5.41) is 0. The zero-order chi connectivity index (χ0) is 12.6. The van der Waals surface area contributed by atoms with Gasteiger partial charge in [-0.05, 0) is 26.9 Å². The first-order chi connectivity index (χ1) is 7.89. The first-order valence-electron chi connectivity index (χ1n) is 5.67. The third-order valence-electron chi connectivity index (χ3n) is 2.89. The standard InChI is InChI=1S/C14H17BrN2/c1-14(2,3)11-7-5-10(6-8-11)12-13(15)17(4)9-16-12/h5-9H,1-4H3. The van der Waals surface area contributed by atoms with Gasteiger partial charge in [-0.3, -0.25) is 0 Å². The van der Waals surface area contributed by atoms with Crippen LogP contribution in [-0.4, -0.2) is 9.55 Å². The predicted octanol–water partition coefficient (Wildman–Crippen LogP) is 4.15. The summed E-state index contributed by atoms with van der Waals surface area (Å²) in [5.74, 6) is 0. The number of aryl methyl sites for hydroxylation is 1. The minimum absolute atomic E-state index is 0.194. The molecular formula is C14H17BrN2. The lowest BCUT2D eigenvalue weighted by atomic mass is 9.86. The van der Waals surface area contributed by atoms with E-state index in [2.05, 4.69) is 66.0 Å². The van der Waals surface area contributed by atoms with E-state index in [1.807, 2.05) is 17.9 Å². The molecule has 0 spiro atoms. The molecule has 0 N–H and O–H groups in total. The Kier molecular flexibility index (Phi) is 3.13. The van der Waals surface area contributed by atoms with Crippen LogP contribution in [0.4, 0.5) is 0 Å². The van der Waals surface area contributed by atoms with Crippen LogP contribution in [0.2, 0.25) is 0 Å². The second kappa shape index (κ2) is 4.30. The molecule has 1 aromatic carbocycles. The maximum absolute atomic E-state index is 4.39. The molecule has 0 atom stereocenters. The normalized spacial score (nSPS) is 11.8. The summed E-state index contributed by atoms with van der Waals surface area (Å²) in [7, 11) is 1.98. The maximum Gasteiger partial charge on any atom is 0.112 e. The van der Waals surface area contributed by atoms with E-state index in [1.165, 1.54) is 5.56 Å². The summed E-state index contributed by atoms with van der Waals surface area (Å²) in [6, 6.07) is 8.62. The number of hydrogen-bond acceptors (Lipinski definition) is 1. The fourth-order valence-electron chi connectivity index (χ4n) is 1.74. The van der Waals surface area contributed by atoms with E-state index < -0.39 is 0 Å². The fraction of sp³-hybridized carbons (Fsp3) is 0.357. The van der Waals surface area contributed by atoms with Gasteiger partial charge in [-0.1, -0.05) is 45.0 Å². The number of rotatable bonds is 1. The van der Waals surface area contributed by atoms with Crippen LogP contribution in [-0.2, 0) is 12.5 Å². The highest BCUT2D eigenvalue weighted by atomic mass is 79.9. The maximum atomic E-state index is 4.39. The second-order valence-electron chi connectivity index (χ2n) is 5.32. The van der Waals surface area contributed by atoms with Gasteiger partial charge in [0.05, 0.1) is 6.33 Å². The van der Waals surface area contributed by atoms with Crippen molar-refractivity contribution in [2.75, 3.05) is 0 Å². The minimum Gasteiger partial charge on any atom is -0.328 e. The lowest BCUT2D eigenvalue weighted by molar-refractivity contribution is 0.590. The molecule has 3 heteroatoms. The average Bonchev–Trinajstić information content (AvgIpc) is 2.59. The molecule has 17 heavy (non-hydrogen) atoms. The van der Waals surface area contributed by atoms with Gasteiger partial charge >= 0.3 is 0 Å². The van der Waals surface area contributed by atoms with Crippen LogP contribution in [0.25, 0.3) is 11.3 Å². The molecule has 2 nitrogen and oxygen atoms in total. The Morgan fingerprint density at radius 3 is 2.12 bits per heavy atom. The lowest BCUT2D eigenvalue weighted by Gasteiger charge is -2.18. The van der Waals surface area contributed by atoms with Gasteiger partial charge in [0, 0.05) is 12.6 Å². The Hall–Kier alpha value is -1.09. The van der Waals surface area contributed by atoms with Gasteiger partial charge in [-0.2, -0.15) is 0 Å². The van der Waals surface area contributed by atoms with E-state index in [4.69, 9.17) is 0 Å². The molecule has 0 bridgehead atoms. The summed E-state index contributed by atoms with van der Waals surface area (Å²) >= 11 is 3.55. The topological polar surface area (TPSA) is 17.8 Å². The Morgan fingerprint density at radius 2 is 1.71 bits per heavy atom. The summed E-state index contributed by atoms with van der Waals surface area (Å²) in [6.45, 7) is 6.66. The molecular weight excluding hydrogens is 276 g/mol. The van der Waals surface area contributed by atoms with E-state index in [0.29, 0.717) is 0 Å². The fourth-order valence-corrected chi connectivity index (χ4v) is 2.16. The summed E-state index contributed by atoms with van der Waals surface area (Å²) in [4.78, 5) is 4.39. The van der Waals surface area contributed by atoms with Crippen molar-refractivity contribution in [1.29, 1.82) is 0 Å². The number of nitrogens with zero attached hydrogens (tertiary/aromatic N) is 2. The molecule has 1 aromatic heterocycles. The third kappa shape index (κ3) is 2.44. The highest BCUT2D eigenvalue weighted by Gasteiger charge is 2.14. The number of benzene rings is 1. The lowest BCUT2D eigenvalue weighted by Crippen LogP contribution is -2.10. The second-order valence-corrected chi connectivity index (χ2v) is 6.07. The van der Waals surface area contributed by atoms with Crippen molar-refractivity contribution in [2.24, 2.45) is 7.05 Å². The number of imidazole rings is 1. The quantitative estimate of drug-likeness (QED) is 0.772. The highest BCUT2D eigenvalue weighted by Crippen LogP contribution is 2.29. The van der Waals surface area contributed by atoms with Crippen LogP contribution in [0.5, 0.6) is 0 Å². The van der Waals surface area contributed by atoms with E-state index in [0.717, 1.165) is 15.9 Å². The largest absolute Gasteiger partial charge is 0.328 e. The molecule has 2 rings (SSSR count). The van der Waals surface area contributed by atoms with Crippen LogP contribution in [0.15, 0.2) is 35.2 Å². The molecule has 2 aromatic rings. The van der Waals surface area contributed by atoms with E-state index in [-0.39, 0.29) is 5.41 Å². The van der Waals surface area contributed by atoms with Crippen molar-refractivity contribution in [3.63, 3.8) is 0 Å². The Labute approximate surface area is 111 Å². The first kappa shape index (κ1) is 12.4. The van der Waals surface area contributed by atoms with Crippen LogP contribution >= 0.6 is 15.9 Å². The van der Waals surface area contributed by atoms with Gasteiger partial charge in [0.15, 0.2) is 0 Å². The average molecular weight is 293 g/mol. The highest BCUT2D eigenvalue weighted by molar-refractivity contribution is 9.10. The molecule has 1 heterocycles. The van der Waals surface area contributed by atoms with E-state index >= 15 is 0 Å². The molecule has 0 radical (unpaired) electrons. The molecule has 0 fully saturated rings. The minimum atomic E-state index is 0.194. The number of halogens is 1. The molecule has 0 saturated carbocycles. The Bertz CT molecular complexity index is 518. The molecule has 0 aliphatic rings. The summed E-state index contributed by atoms with van der Waals surface area (Å²) < 4.78 is 2.98. The van der Waals surface area contributed by atoms with E-state index in [9.17, 15) is 0 Å². The van der Waals surface area contributed by atoms with Crippen molar-refractivity contribution in [2.45, 2.75) is 26.2 Å². The van der Waals surface area contributed by atoms with Crippen LogP contribution < -0.4 is 0 Å². The van der Waals surface area contributed by atoms with Crippen molar-refractivity contribution < 1.29 is 0 Å². The van der Waals surface area contributed by atoms with Gasteiger partial charge in [0.2, 0.25) is 0 Å². The molecule has 0 saturated heterocycles. The van der Waals surface area contributed by atoms with Gasteiger partial charge in [-0.15, -0.1) is 0 Å². The van der Waals surface area contributed by atoms with E-state index in [1.54, 1.807) is 0 Å². The van der Waals surface area contributed by atoms with Crippen molar-refractivity contribution in [3.8, 4) is 11.3 Å². The number of hydrogen-bond donors (Lipinski definition) is 0. The Balaban J connectivity index is 2.40. The first-order valence-corrected chi connectivity index (χ1v) is 6.46. The monoisotopic (exact) mass is 292 g/mol. The molecule has 0 unspecified atom stereocenters. The van der Waals surface area contributed by atoms with Crippen molar-refractivity contribution in [3.05, 3.63) is 40.8 Å². The molecule has 0 amide bonds. The Morgan fingerprint density at radius 1 is 1.12 bits per heavy atom. The molecule has 0 aliphatic carbocycles. The zero-order valence-corrected chi connectivity index (χ0v) is 12.2. The van der Waals surface area contributed by atoms with Crippen LogP contribution in [0.3, 0.4) is 0 Å². The molecule has 90 valence electrons. The van der Waals surface area contributed by atoms with Gasteiger partial charge in [0.25, 0.3) is 0 Å². The van der Waals surface area contributed by atoms with Crippen molar-refractivity contribution >= 4 is 15.9 Å². The zero-order valence-electron chi connectivity index (χ0n) is 10.7. The van der Waals surface area contributed by atoms with Gasteiger partial charge in [0.1, 0.15) is 10.3 Å². The molecule has 0 aliphatic heterocycles. The third-order valence-corrected chi connectivity index (χ3v) is 3.82. The van der Waals surface area contributed by atoms with Crippen LogP contribution in [0.1, 0.15) is 26.3 Å². The summed E-state index contributed by atoms with van der Waals surface area (Å²) in [6.07, 6.45) is 1.82. The summed E-state index contributed by atoms with van der Waals surface area (Å²) in [5.41, 5.74) is 3.67. The predicted molar refractivity (Wildman–Crippen MR) is 75.0 cm³/mol. The van der Waals surface area contributed by atoms with Crippen LogP contribution in [0, 0.1) is 0 Å².